The Morgan fingerprint density at radius 1 is 1.35 bits per heavy atom. The van der Waals surface area contributed by atoms with Crippen molar-refractivity contribution in [3.05, 3.63) is 22.4 Å². The maximum Gasteiger partial charge on any atom is 0.225 e. The van der Waals surface area contributed by atoms with Crippen molar-refractivity contribution in [2.45, 2.75) is 58.4 Å². The molecule has 0 bridgehead atoms. The van der Waals surface area contributed by atoms with Gasteiger partial charge in [-0.3, -0.25) is 9.79 Å². The Morgan fingerprint density at radius 2 is 2.04 bits per heavy atom. The van der Waals surface area contributed by atoms with Gasteiger partial charge < -0.3 is 15.5 Å². The Labute approximate surface area is 162 Å². The molecule has 1 aliphatic rings. The van der Waals surface area contributed by atoms with E-state index in [1.54, 1.807) is 11.3 Å². The van der Waals surface area contributed by atoms with E-state index in [1.807, 2.05) is 11.9 Å². The summed E-state index contributed by atoms with van der Waals surface area (Å²) in [6, 6.07) is 4.66. The van der Waals surface area contributed by atoms with Gasteiger partial charge in [-0.2, -0.15) is 0 Å². The third-order valence-corrected chi connectivity index (χ3v) is 6.41. The first-order valence-electron chi connectivity index (χ1n) is 9.88. The summed E-state index contributed by atoms with van der Waals surface area (Å²) in [7, 11) is 1.82. The maximum atomic E-state index is 12.5. The molecule has 2 rings (SSSR count). The van der Waals surface area contributed by atoms with Crippen LogP contribution in [-0.2, 0) is 4.79 Å². The number of guanidine groups is 1. The number of aliphatic imine (C=N–C) groups is 1. The second kappa shape index (κ2) is 10.6. The van der Waals surface area contributed by atoms with Crippen molar-refractivity contribution < 1.29 is 4.79 Å². The minimum atomic E-state index is 0.188. The number of hydrogen-bond acceptors (Lipinski definition) is 3. The van der Waals surface area contributed by atoms with Crippen LogP contribution in [0.4, 0.5) is 0 Å². The molecule has 0 radical (unpaired) electrons. The Kier molecular flexibility index (Phi) is 8.42. The number of thiophene rings is 1. The van der Waals surface area contributed by atoms with E-state index in [0.29, 0.717) is 17.9 Å². The summed E-state index contributed by atoms with van der Waals surface area (Å²) in [5, 5.41) is 9.09. The predicted octanol–water partition coefficient (Wildman–Crippen LogP) is 3.44. The SMILES string of the molecule is CCC(CC)C(=O)N1CCC(NC(=NC)NCC(C)c2cccs2)CC1. The fourth-order valence-electron chi connectivity index (χ4n) is 3.45. The molecule has 1 aromatic rings. The van der Waals surface area contributed by atoms with Crippen LogP contribution in [0, 0.1) is 5.92 Å². The van der Waals surface area contributed by atoms with Gasteiger partial charge in [-0.15, -0.1) is 11.3 Å². The molecule has 0 spiro atoms. The maximum absolute atomic E-state index is 12.5. The summed E-state index contributed by atoms with van der Waals surface area (Å²) >= 11 is 1.80. The number of hydrogen-bond donors (Lipinski definition) is 2. The summed E-state index contributed by atoms with van der Waals surface area (Å²) < 4.78 is 0. The van der Waals surface area contributed by atoms with Gasteiger partial charge in [0.25, 0.3) is 0 Å². The largest absolute Gasteiger partial charge is 0.356 e. The molecule has 146 valence electrons. The molecule has 2 N–H and O–H groups in total. The van der Waals surface area contributed by atoms with Crippen LogP contribution >= 0.6 is 11.3 Å². The van der Waals surface area contributed by atoms with Gasteiger partial charge >= 0.3 is 0 Å². The van der Waals surface area contributed by atoms with Crippen LogP contribution in [0.25, 0.3) is 0 Å². The first-order valence-corrected chi connectivity index (χ1v) is 10.8. The van der Waals surface area contributed by atoms with Gasteiger partial charge in [0.1, 0.15) is 0 Å². The molecule has 1 atom stereocenters. The normalized spacial score (nSPS) is 17.4. The number of carbonyl (C=O) groups is 1. The van der Waals surface area contributed by atoms with Gasteiger partial charge in [0.15, 0.2) is 5.96 Å². The van der Waals surface area contributed by atoms with Crippen LogP contribution in [0.15, 0.2) is 22.5 Å². The Balaban J connectivity index is 1.75. The lowest BCUT2D eigenvalue weighted by Crippen LogP contribution is -2.51. The van der Waals surface area contributed by atoms with Gasteiger partial charge in [-0.05, 0) is 37.1 Å². The Hall–Kier alpha value is -1.56. The highest BCUT2D eigenvalue weighted by Gasteiger charge is 2.26. The molecule has 0 aliphatic carbocycles. The van der Waals surface area contributed by atoms with Crippen LogP contribution in [0.1, 0.15) is 57.2 Å². The van der Waals surface area contributed by atoms with Gasteiger partial charge in [-0.25, -0.2) is 0 Å². The molecule has 1 unspecified atom stereocenters. The van der Waals surface area contributed by atoms with E-state index >= 15 is 0 Å². The van der Waals surface area contributed by atoms with Gasteiger partial charge in [-0.1, -0.05) is 26.8 Å². The van der Waals surface area contributed by atoms with Crippen molar-refractivity contribution in [1.29, 1.82) is 0 Å². The summed E-state index contributed by atoms with van der Waals surface area (Å²) in [5.74, 6) is 1.85. The van der Waals surface area contributed by atoms with Crippen molar-refractivity contribution in [3.63, 3.8) is 0 Å². The van der Waals surface area contributed by atoms with Crippen LogP contribution in [-0.4, -0.2) is 49.5 Å². The molecule has 1 saturated heterocycles. The van der Waals surface area contributed by atoms with E-state index in [1.165, 1.54) is 4.88 Å². The average Bonchev–Trinajstić information content (AvgIpc) is 3.21. The summed E-state index contributed by atoms with van der Waals surface area (Å²) in [6.07, 6.45) is 3.83. The van der Waals surface area contributed by atoms with Gasteiger partial charge in [0.2, 0.25) is 5.91 Å². The third kappa shape index (κ3) is 5.73. The summed E-state index contributed by atoms with van der Waals surface area (Å²) in [5.41, 5.74) is 0. The van der Waals surface area contributed by atoms with Crippen molar-refractivity contribution >= 4 is 23.2 Å². The lowest BCUT2D eigenvalue weighted by molar-refractivity contribution is -0.136. The minimum Gasteiger partial charge on any atom is -0.356 e. The quantitative estimate of drug-likeness (QED) is 0.564. The highest BCUT2D eigenvalue weighted by Crippen LogP contribution is 2.20. The highest BCUT2D eigenvalue weighted by atomic mass is 32.1. The molecule has 0 aromatic carbocycles. The number of nitrogens with one attached hydrogen (secondary N) is 2. The molecule has 1 amide bonds. The molecular formula is C20H34N4OS. The monoisotopic (exact) mass is 378 g/mol. The molecule has 1 fully saturated rings. The first kappa shape index (κ1) is 20.7. The Bertz CT molecular complexity index is 560. The highest BCUT2D eigenvalue weighted by molar-refractivity contribution is 7.10. The van der Waals surface area contributed by atoms with Crippen LogP contribution in [0.3, 0.4) is 0 Å². The molecule has 5 nitrogen and oxygen atoms in total. The number of amides is 1. The molecule has 1 aliphatic heterocycles. The second-order valence-corrected chi connectivity index (χ2v) is 8.11. The smallest absolute Gasteiger partial charge is 0.225 e. The number of rotatable bonds is 7. The standard InChI is InChI=1S/C20H34N4OS/c1-5-16(6-2)19(25)24-11-9-17(10-12-24)23-20(21-4)22-14-15(3)18-8-7-13-26-18/h7-8,13,15-17H,5-6,9-12,14H2,1-4H3,(H2,21,22,23). The molecule has 6 heteroatoms. The fraction of sp³-hybridized carbons (Fsp3) is 0.700. The van der Waals surface area contributed by atoms with Crippen molar-refractivity contribution in [2.75, 3.05) is 26.7 Å². The predicted molar refractivity (Wildman–Crippen MR) is 111 cm³/mol. The van der Waals surface area contributed by atoms with E-state index in [-0.39, 0.29) is 5.92 Å². The van der Waals surface area contributed by atoms with E-state index in [4.69, 9.17) is 0 Å². The lowest BCUT2D eigenvalue weighted by atomic mass is 9.98. The van der Waals surface area contributed by atoms with E-state index in [9.17, 15) is 4.79 Å². The van der Waals surface area contributed by atoms with Crippen LogP contribution < -0.4 is 10.6 Å². The topological polar surface area (TPSA) is 56.7 Å². The van der Waals surface area contributed by atoms with E-state index in [2.05, 4.69) is 53.9 Å². The summed E-state index contributed by atoms with van der Waals surface area (Å²) in [6.45, 7) is 8.99. The third-order valence-electron chi connectivity index (χ3n) is 5.31. The average molecular weight is 379 g/mol. The number of carbonyl (C=O) groups excluding carboxylic acids is 1. The molecule has 2 heterocycles. The molecule has 26 heavy (non-hydrogen) atoms. The second-order valence-electron chi connectivity index (χ2n) is 7.13. The zero-order valence-corrected chi connectivity index (χ0v) is 17.4. The van der Waals surface area contributed by atoms with Gasteiger partial charge in [0.05, 0.1) is 0 Å². The van der Waals surface area contributed by atoms with Crippen molar-refractivity contribution in [1.82, 2.24) is 15.5 Å². The number of likely N-dealkylation sites (tertiary alicyclic amines) is 1. The minimum absolute atomic E-state index is 0.188. The van der Waals surface area contributed by atoms with E-state index in [0.717, 1.165) is 51.3 Å². The lowest BCUT2D eigenvalue weighted by Gasteiger charge is -2.35. The number of piperidine rings is 1. The number of nitrogens with zero attached hydrogens (tertiary/aromatic N) is 2. The van der Waals surface area contributed by atoms with Crippen LogP contribution in [0.5, 0.6) is 0 Å². The molecule has 1 aromatic heterocycles. The molecule has 0 saturated carbocycles. The first-order chi connectivity index (χ1) is 12.6. The van der Waals surface area contributed by atoms with Crippen LogP contribution in [0.2, 0.25) is 0 Å². The zero-order chi connectivity index (χ0) is 18.9. The summed E-state index contributed by atoms with van der Waals surface area (Å²) in [4.78, 5) is 20.3. The van der Waals surface area contributed by atoms with E-state index < -0.39 is 0 Å². The Morgan fingerprint density at radius 3 is 2.58 bits per heavy atom. The molecular weight excluding hydrogens is 344 g/mol. The van der Waals surface area contributed by atoms with Crippen molar-refractivity contribution in [3.8, 4) is 0 Å². The fourth-order valence-corrected chi connectivity index (χ4v) is 4.24. The zero-order valence-electron chi connectivity index (χ0n) is 16.6. The van der Waals surface area contributed by atoms with Crippen molar-refractivity contribution in [2.24, 2.45) is 10.9 Å². The van der Waals surface area contributed by atoms with Gasteiger partial charge in [0, 0.05) is 49.4 Å².